The normalized spacial score (nSPS) is 19.5. The van der Waals surface area contributed by atoms with Crippen molar-refractivity contribution in [1.29, 1.82) is 0 Å². The SMILES string of the molecule is CCOC(=O)C1CCCC(Oc2cnc(-c3onc(C)c3C(=O)O)cn2)C1. The first kappa shape index (κ1) is 18.8. The molecule has 1 aliphatic carbocycles. The first-order valence-electron chi connectivity index (χ1n) is 8.84. The molecule has 9 nitrogen and oxygen atoms in total. The van der Waals surface area contributed by atoms with Crippen LogP contribution in [-0.2, 0) is 9.53 Å². The van der Waals surface area contributed by atoms with Crippen LogP contribution in [0, 0.1) is 12.8 Å². The van der Waals surface area contributed by atoms with E-state index in [0.29, 0.717) is 18.9 Å². The highest BCUT2D eigenvalue weighted by Crippen LogP contribution is 2.29. The van der Waals surface area contributed by atoms with Gasteiger partial charge in [0.1, 0.15) is 17.4 Å². The van der Waals surface area contributed by atoms with Crippen LogP contribution in [0.1, 0.15) is 48.7 Å². The summed E-state index contributed by atoms with van der Waals surface area (Å²) in [4.78, 5) is 31.6. The number of carbonyl (C=O) groups is 2. The van der Waals surface area contributed by atoms with Gasteiger partial charge in [-0.25, -0.2) is 14.8 Å². The van der Waals surface area contributed by atoms with Gasteiger partial charge in [0.2, 0.25) is 11.6 Å². The smallest absolute Gasteiger partial charge is 0.341 e. The van der Waals surface area contributed by atoms with Crippen LogP contribution >= 0.6 is 0 Å². The maximum Gasteiger partial charge on any atom is 0.341 e. The minimum atomic E-state index is -1.14. The van der Waals surface area contributed by atoms with Crippen LogP contribution in [-0.4, -0.2) is 44.9 Å². The first-order valence-corrected chi connectivity index (χ1v) is 8.84. The van der Waals surface area contributed by atoms with Gasteiger partial charge in [0.05, 0.1) is 30.6 Å². The molecule has 2 aromatic heterocycles. The summed E-state index contributed by atoms with van der Waals surface area (Å²) in [6.45, 7) is 3.70. The van der Waals surface area contributed by atoms with Crippen molar-refractivity contribution in [1.82, 2.24) is 15.1 Å². The molecule has 2 aromatic rings. The van der Waals surface area contributed by atoms with E-state index in [9.17, 15) is 14.7 Å². The van der Waals surface area contributed by atoms with E-state index in [1.165, 1.54) is 12.4 Å². The quantitative estimate of drug-likeness (QED) is 0.758. The molecule has 0 spiro atoms. The van der Waals surface area contributed by atoms with Crippen molar-refractivity contribution in [2.75, 3.05) is 6.61 Å². The zero-order valence-electron chi connectivity index (χ0n) is 15.2. The maximum absolute atomic E-state index is 11.9. The number of aromatic carboxylic acids is 1. The molecule has 0 aliphatic heterocycles. The minimum absolute atomic E-state index is 0.0393. The van der Waals surface area contributed by atoms with Crippen molar-refractivity contribution in [2.45, 2.75) is 45.6 Å². The van der Waals surface area contributed by atoms with Gasteiger partial charge in [-0.1, -0.05) is 5.16 Å². The van der Waals surface area contributed by atoms with Crippen LogP contribution in [0.3, 0.4) is 0 Å². The number of carbonyl (C=O) groups excluding carboxylic acids is 1. The summed E-state index contributed by atoms with van der Waals surface area (Å²) in [6.07, 6.45) is 5.72. The van der Waals surface area contributed by atoms with Gasteiger partial charge in [-0.15, -0.1) is 0 Å². The van der Waals surface area contributed by atoms with Crippen molar-refractivity contribution in [3.8, 4) is 17.3 Å². The molecule has 27 heavy (non-hydrogen) atoms. The Morgan fingerprint density at radius 3 is 2.78 bits per heavy atom. The molecule has 0 radical (unpaired) electrons. The van der Waals surface area contributed by atoms with E-state index >= 15 is 0 Å². The summed E-state index contributed by atoms with van der Waals surface area (Å²) in [7, 11) is 0. The Balaban J connectivity index is 1.68. The lowest BCUT2D eigenvalue weighted by Gasteiger charge is -2.27. The second-order valence-corrected chi connectivity index (χ2v) is 6.37. The zero-order valence-corrected chi connectivity index (χ0v) is 15.2. The highest BCUT2D eigenvalue weighted by Gasteiger charge is 2.30. The Labute approximate surface area is 155 Å². The van der Waals surface area contributed by atoms with Gasteiger partial charge in [-0.05, 0) is 39.5 Å². The van der Waals surface area contributed by atoms with Gasteiger partial charge >= 0.3 is 11.9 Å². The number of ether oxygens (including phenoxy) is 2. The molecule has 2 heterocycles. The monoisotopic (exact) mass is 375 g/mol. The van der Waals surface area contributed by atoms with Gasteiger partial charge in [0, 0.05) is 0 Å². The number of esters is 1. The molecule has 2 atom stereocenters. The molecule has 3 rings (SSSR count). The van der Waals surface area contributed by atoms with E-state index in [2.05, 4.69) is 15.1 Å². The van der Waals surface area contributed by atoms with Gasteiger partial charge in [-0.3, -0.25) is 4.79 Å². The van der Waals surface area contributed by atoms with Crippen molar-refractivity contribution in [3.63, 3.8) is 0 Å². The van der Waals surface area contributed by atoms with Gasteiger partial charge in [0.15, 0.2) is 0 Å². The Morgan fingerprint density at radius 2 is 2.11 bits per heavy atom. The molecular weight excluding hydrogens is 354 g/mol. The molecule has 0 saturated heterocycles. The Bertz CT molecular complexity index is 817. The zero-order chi connectivity index (χ0) is 19.4. The van der Waals surface area contributed by atoms with Crippen LogP contribution in [0.4, 0.5) is 0 Å². The summed E-state index contributed by atoms with van der Waals surface area (Å²) in [5.74, 6) is -1.13. The predicted molar refractivity (Wildman–Crippen MR) is 92.2 cm³/mol. The number of nitrogens with zero attached hydrogens (tertiary/aromatic N) is 3. The number of aryl methyl sites for hydroxylation is 1. The largest absolute Gasteiger partial charge is 0.477 e. The van der Waals surface area contributed by atoms with E-state index < -0.39 is 5.97 Å². The summed E-state index contributed by atoms with van der Waals surface area (Å²) < 4.78 is 16.0. The summed E-state index contributed by atoms with van der Waals surface area (Å²) in [5.41, 5.74) is 0.489. The van der Waals surface area contributed by atoms with E-state index in [0.717, 1.165) is 19.3 Å². The Hall–Kier alpha value is -2.97. The van der Waals surface area contributed by atoms with E-state index in [-0.39, 0.29) is 40.7 Å². The van der Waals surface area contributed by atoms with Crippen LogP contribution < -0.4 is 4.74 Å². The molecule has 1 aliphatic rings. The number of carboxylic acids is 1. The van der Waals surface area contributed by atoms with Crippen LogP contribution in [0.5, 0.6) is 5.88 Å². The molecule has 144 valence electrons. The molecule has 0 amide bonds. The Morgan fingerprint density at radius 1 is 1.30 bits per heavy atom. The maximum atomic E-state index is 11.9. The summed E-state index contributed by atoms with van der Waals surface area (Å²) in [5, 5.41) is 12.9. The van der Waals surface area contributed by atoms with Crippen molar-refractivity contribution >= 4 is 11.9 Å². The lowest BCUT2D eigenvalue weighted by Crippen LogP contribution is -2.31. The number of rotatable bonds is 6. The second kappa shape index (κ2) is 8.15. The summed E-state index contributed by atoms with van der Waals surface area (Å²) in [6, 6.07) is 0. The van der Waals surface area contributed by atoms with E-state index in [1.807, 2.05) is 0 Å². The molecule has 1 saturated carbocycles. The Kier molecular flexibility index (Phi) is 5.68. The molecule has 9 heteroatoms. The fraction of sp³-hybridized carbons (Fsp3) is 0.500. The fourth-order valence-electron chi connectivity index (χ4n) is 3.19. The molecule has 0 bridgehead atoms. The van der Waals surface area contributed by atoms with E-state index in [4.69, 9.17) is 14.0 Å². The van der Waals surface area contributed by atoms with Gasteiger partial charge in [0.25, 0.3) is 0 Å². The van der Waals surface area contributed by atoms with Crippen molar-refractivity contribution in [2.24, 2.45) is 5.92 Å². The predicted octanol–water partition coefficient (Wildman–Crippen LogP) is 2.64. The standard InChI is InChI=1S/C18H21N3O6/c1-3-25-18(24)11-5-4-6-12(7-11)26-14-9-19-13(8-20-14)16-15(17(22)23)10(2)21-27-16/h8-9,11-12H,3-7H2,1-2H3,(H,22,23). The third kappa shape index (κ3) is 4.24. The van der Waals surface area contributed by atoms with Crippen molar-refractivity contribution in [3.05, 3.63) is 23.7 Å². The molecule has 1 fully saturated rings. The average molecular weight is 375 g/mol. The van der Waals surface area contributed by atoms with Gasteiger partial charge < -0.3 is 19.1 Å². The number of aromatic nitrogens is 3. The molecule has 0 aromatic carbocycles. The number of carboxylic acid groups (broad SMARTS) is 1. The van der Waals surface area contributed by atoms with Crippen LogP contribution in [0.2, 0.25) is 0 Å². The first-order chi connectivity index (χ1) is 13.0. The third-order valence-corrected chi connectivity index (χ3v) is 4.47. The summed E-state index contributed by atoms with van der Waals surface area (Å²) >= 11 is 0. The lowest BCUT2D eigenvalue weighted by atomic mass is 9.87. The third-order valence-electron chi connectivity index (χ3n) is 4.47. The fourth-order valence-corrected chi connectivity index (χ4v) is 3.19. The molecule has 1 N–H and O–H groups in total. The van der Waals surface area contributed by atoms with E-state index in [1.54, 1.807) is 13.8 Å². The molecular formula is C18H21N3O6. The number of hydrogen-bond acceptors (Lipinski definition) is 8. The number of hydrogen-bond donors (Lipinski definition) is 1. The van der Waals surface area contributed by atoms with Crippen molar-refractivity contribution < 1.29 is 28.7 Å². The lowest BCUT2D eigenvalue weighted by molar-refractivity contribution is -0.150. The second-order valence-electron chi connectivity index (χ2n) is 6.37. The highest BCUT2D eigenvalue weighted by atomic mass is 16.5. The topological polar surface area (TPSA) is 125 Å². The van der Waals surface area contributed by atoms with Crippen LogP contribution in [0.25, 0.3) is 11.5 Å². The minimum Gasteiger partial charge on any atom is -0.477 e. The molecule has 2 unspecified atom stereocenters. The highest BCUT2D eigenvalue weighted by molar-refractivity contribution is 5.94. The average Bonchev–Trinajstić information content (AvgIpc) is 3.04. The van der Waals surface area contributed by atoms with Gasteiger partial charge in [-0.2, -0.15) is 0 Å². The van der Waals surface area contributed by atoms with Crippen LogP contribution in [0.15, 0.2) is 16.9 Å².